The van der Waals surface area contributed by atoms with E-state index in [9.17, 15) is 0 Å². The van der Waals surface area contributed by atoms with E-state index >= 15 is 0 Å². The van der Waals surface area contributed by atoms with Crippen LogP contribution in [0.15, 0.2) is 39.6 Å². The van der Waals surface area contributed by atoms with Gasteiger partial charge in [-0.15, -0.1) is 0 Å². The first-order valence-electron chi connectivity index (χ1n) is 3.00. The molecule has 0 fully saturated rings. The average molecular weight is 250 g/mol. The third-order valence-corrected chi connectivity index (χ3v) is 2.75. The zero-order chi connectivity index (χ0) is 8.10. The lowest BCUT2D eigenvalue weighted by molar-refractivity contribution is 1.47. The van der Waals surface area contributed by atoms with Crippen molar-refractivity contribution in [1.29, 1.82) is 0 Å². The highest BCUT2D eigenvalue weighted by Gasteiger charge is 1.89. The van der Waals surface area contributed by atoms with Gasteiger partial charge in [-0.25, -0.2) is 0 Å². The van der Waals surface area contributed by atoms with E-state index in [1.165, 1.54) is 4.90 Å². The summed E-state index contributed by atoms with van der Waals surface area (Å²) in [6.07, 6.45) is 0. The van der Waals surface area contributed by atoms with E-state index in [1.807, 2.05) is 34.7 Å². The zero-order valence-electron chi connectivity index (χ0n) is 5.63. The van der Waals surface area contributed by atoms with Gasteiger partial charge in [0.25, 0.3) is 0 Å². The van der Waals surface area contributed by atoms with Gasteiger partial charge in [0.1, 0.15) is 0 Å². The average Bonchev–Trinajstić information content (AvgIpc) is 2.04. The van der Waals surface area contributed by atoms with Crippen molar-refractivity contribution >= 4 is 39.3 Å². The molecule has 0 radical (unpaired) electrons. The summed E-state index contributed by atoms with van der Waals surface area (Å²) in [5.41, 5.74) is 0. The van der Waals surface area contributed by atoms with Crippen molar-refractivity contribution in [3.63, 3.8) is 0 Å². The number of thioether (sulfide) groups is 1. The van der Waals surface area contributed by atoms with Crippen LogP contribution < -0.4 is 0 Å². The Kier molecular flexibility index (Phi) is 4.05. The van der Waals surface area contributed by atoms with Gasteiger partial charge in [-0.05, 0) is 34.7 Å². The van der Waals surface area contributed by atoms with E-state index in [1.54, 1.807) is 11.8 Å². The van der Waals surface area contributed by atoms with Gasteiger partial charge in [0, 0.05) is 9.92 Å². The normalized spacial score (nSPS) is 10.7. The summed E-state index contributed by atoms with van der Waals surface area (Å²) in [6.45, 7) is 0. The standard InChI is InChI=1S/C8H6BrClS/c9-5-6-11-8-3-1-7(10)2-4-8/h1-6H/b6-5+. The van der Waals surface area contributed by atoms with Gasteiger partial charge >= 0.3 is 0 Å². The molecule has 0 nitrogen and oxygen atoms in total. The lowest BCUT2D eigenvalue weighted by Gasteiger charge is -1.93. The lowest BCUT2D eigenvalue weighted by atomic mass is 10.4. The summed E-state index contributed by atoms with van der Waals surface area (Å²) >= 11 is 10.5. The fraction of sp³-hybridized carbons (Fsp3) is 0. The Morgan fingerprint density at radius 3 is 2.45 bits per heavy atom. The Morgan fingerprint density at radius 2 is 1.91 bits per heavy atom. The van der Waals surface area contributed by atoms with Gasteiger partial charge in [-0.2, -0.15) is 0 Å². The highest BCUT2D eigenvalue weighted by molar-refractivity contribution is 9.11. The van der Waals surface area contributed by atoms with Crippen molar-refractivity contribution in [1.82, 2.24) is 0 Å². The Labute approximate surface area is 83.8 Å². The number of rotatable bonds is 2. The Bertz CT molecular complexity index is 243. The summed E-state index contributed by atoms with van der Waals surface area (Å²) in [5.74, 6) is 0. The van der Waals surface area contributed by atoms with E-state index in [-0.39, 0.29) is 0 Å². The summed E-state index contributed by atoms with van der Waals surface area (Å²) in [6, 6.07) is 7.73. The minimum atomic E-state index is 0.775. The minimum absolute atomic E-state index is 0.775. The fourth-order valence-corrected chi connectivity index (χ4v) is 1.57. The molecule has 0 N–H and O–H groups in total. The molecule has 3 heteroatoms. The van der Waals surface area contributed by atoms with E-state index in [4.69, 9.17) is 11.6 Å². The van der Waals surface area contributed by atoms with Crippen molar-refractivity contribution < 1.29 is 0 Å². The van der Waals surface area contributed by atoms with Crippen LogP contribution in [0.4, 0.5) is 0 Å². The molecule has 0 heterocycles. The topological polar surface area (TPSA) is 0 Å². The SMILES string of the molecule is Clc1ccc(S/C=C/Br)cc1. The third-order valence-electron chi connectivity index (χ3n) is 1.07. The van der Waals surface area contributed by atoms with E-state index in [0.717, 1.165) is 5.02 Å². The Balaban J connectivity index is 2.66. The molecule has 0 spiro atoms. The van der Waals surface area contributed by atoms with Crippen LogP contribution in [0.25, 0.3) is 0 Å². The molecular formula is C8H6BrClS. The molecule has 0 aliphatic rings. The second-order valence-corrected chi connectivity index (χ2v) is 3.78. The number of hydrogen-bond donors (Lipinski definition) is 0. The Morgan fingerprint density at radius 1 is 1.27 bits per heavy atom. The van der Waals surface area contributed by atoms with Crippen LogP contribution in [0.5, 0.6) is 0 Å². The molecule has 0 atom stereocenters. The predicted octanol–water partition coefficient (Wildman–Crippen LogP) is 4.30. The lowest BCUT2D eigenvalue weighted by Crippen LogP contribution is -1.66. The molecule has 0 aliphatic carbocycles. The summed E-state index contributed by atoms with van der Waals surface area (Å²) in [4.78, 5) is 3.01. The maximum Gasteiger partial charge on any atom is 0.0406 e. The first kappa shape index (κ1) is 9.17. The maximum atomic E-state index is 5.71. The quantitative estimate of drug-likeness (QED) is 0.704. The van der Waals surface area contributed by atoms with Crippen molar-refractivity contribution in [3.8, 4) is 0 Å². The highest BCUT2D eigenvalue weighted by atomic mass is 79.9. The first-order chi connectivity index (χ1) is 5.33. The number of hydrogen-bond acceptors (Lipinski definition) is 1. The minimum Gasteiger partial charge on any atom is -0.0975 e. The molecule has 0 amide bonds. The zero-order valence-corrected chi connectivity index (χ0v) is 8.79. The summed E-state index contributed by atoms with van der Waals surface area (Å²) in [5, 5.41) is 2.74. The van der Waals surface area contributed by atoms with Crippen molar-refractivity contribution in [2.45, 2.75) is 4.90 Å². The third kappa shape index (κ3) is 3.32. The van der Waals surface area contributed by atoms with E-state index < -0.39 is 0 Å². The molecule has 0 unspecified atom stereocenters. The molecule has 0 saturated carbocycles. The van der Waals surface area contributed by atoms with Gasteiger partial charge in [0.2, 0.25) is 0 Å². The molecule has 1 rings (SSSR count). The monoisotopic (exact) mass is 248 g/mol. The molecule has 11 heavy (non-hydrogen) atoms. The van der Waals surface area contributed by atoms with Gasteiger partial charge in [0.15, 0.2) is 0 Å². The smallest absolute Gasteiger partial charge is 0.0406 e. The number of halogens is 2. The van der Waals surface area contributed by atoms with Crippen molar-refractivity contribution in [3.05, 3.63) is 39.7 Å². The van der Waals surface area contributed by atoms with Gasteiger partial charge in [0.05, 0.1) is 0 Å². The molecule has 0 saturated heterocycles. The van der Waals surface area contributed by atoms with Crippen LogP contribution in [0.3, 0.4) is 0 Å². The number of benzene rings is 1. The van der Waals surface area contributed by atoms with Crippen molar-refractivity contribution in [2.24, 2.45) is 0 Å². The fourth-order valence-electron chi connectivity index (χ4n) is 0.617. The highest BCUT2D eigenvalue weighted by Crippen LogP contribution is 2.21. The van der Waals surface area contributed by atoms with Crippen molar-refractivity contribution in [2.75, 3.05) is 0 Å². The predicted molar refractivity (Wildman–Crippen MR) is 55.4 cm³/mol. The Hall–Kier alpha value is 0.0800. The first-order valence-corrected chi connectivity index (χ1v) is 5.18. The molecule has 0 aliphatic heterocycles. The van der Waals surface area contributed by atoms with Crippen LogP contribution in [-0.2, 0) is 0 Å². The summed E-state index contributed by atoms with van der Waals surface area (Å²) < 4.78 is 0. The van der Waals surface area contributed by atoms with Crippen LogP contribution >= 0.6 is 39.3 Å². The molecule has 58 valence electrons. The van der Waals surface area contributed by atoms with Crippen LogP contribution in [0, 0.1) is 0 Å². The maximum absolute atomic E-state index is 5.71. The van der Waals surface area contributed by atoms with Crippen LogP contribution in [0.1, 0.15) is 0 Å². The van der Waals surface area contributed by atoms with Gasteiger partial charge in [-0.1, -0.05) is 39.3 Å². The molecule has 1 aromatic rings. The molecule has 0 bridgehead atoms. The van der Waals surface area contributed by atoms with Crippen LogP contribution in [-0.4, -0.2) is 0 Å². The second-order valence-electron chi connectivity index (χ2n) is 1.83. The van der Waals surface area contributed by atoms with E-state index in [0.29, 0.717) is 0 Å². The molecule has 1 aromatic carbocycles. The van der Waals surface area contributed by atoms with Crippen LogP contribution in [0.2, 0.25) is 5.02 Å². The second kappa shape index (κ2) is 4.86. The molecule has 0 aromatic heterocycles. The van der Waals surface area contributed by atoms with E-state index in [2.05, 4.69) is 15.9 Å². The van der Waals surface area contributed by atoms with Gasteiger partial charge < -0.3 is 0 Å². The summed E-state index contributed by atoms with van der Waals surface area (Å²) in [7, 11) is 0. The van der Waals surface area contributed by atoms with Gasteiger partial charge in [-0.3, -0.25) is 0 Å². The molecular weight excluding hydrogens is 244 g/mol. The largest absolute Gasteiger partial charge is 0.0975 e.